The van der Waals surface area contributed by atoms with E-state index in [2.05, 4.69) is 50.0 Å². The molecule has 0 aliphatic heterocycles. The number of carbonyl (C=O) groups excluding carboxylic acids is 2. The second kappa shape index (κ2) is 15.2. The van der Waals surface area contributed by atoms with Crippen molar-refractivity contribution in [2.24, 2.45) is 0 Å². The van der Waals surface area contributed by atoms with E-state index in [-0.39, 0.29) is 0 Å². The average molecular weight is 622 g/mol. The van der Waals surface area contributed by atoms with Gasteiger partial charge in [0.25, 0.3) is 0 Å². The number of anilines is 4. The maximum atomic E-state index is 11.3. The Morgan fingerprint density at radius 2 is 1.07 bits per heavy atom. The highest BCUT2D eigenvalue weighted by Gasteiger charge is 2.08. The van der Waals surface area contributed by atoms with Gasteiger partial charge in [-0.1, -0.05) is 46.7 Å². The number of ether oxygens (including phenoxy) is 2. The summed E-state index contributed by atoms with van der Waals surface area (Å²) >= 11 is 14.6. The Morgan fingerprint density at radius 1 is 0.675 bits per heavy atom. The molecule has 16 heteroatoms. The minimum absolute atomic E-state index is 0.345. The van der Waals surface area contributed by atoms with Crippen molar-refractivity contribution in [1.82, 2.24) is 29.9 Å². The van der Waals surface area contributed by atoms with Crippen LogP contribution in [0, 0.1) is 0 Å². The molecular weight excluding hydrogens is 599 g/mol. The number of thioether (sulfide) groups is 2. The van der Waals surface area contributed by atoms with Crippen molar-refractivity contribution in [3.63, 3.8) is 0 Å². The van der Waals surface area contributed by atoms with Gasteiger partial charge in [0.15, 0.2) is 10.3 Å². The first kappa shape index (κ1) is 30.8. The Hall–Kier alpha value is -3.72. The molecule has 0 unspecified atom stereocenters. The average Bonchev–Trinajstić information content (AvgIpc) is 2.96. The summed E-state index contributed by atoms with van der Waals surface area (Å²) in [5.74, 6) is 1.29. The van der Waals surface area contributed by atoms with Crippen molar-refractivity contribution in [2.45, 2.75) is 10.3 Å². The van der Waals surface area contributed by atoms with Crippen LogP contribution < -0.4 is 10.6 Å². The Labute approximate surface area is 248 Å². The normalized spacial score (nSPS) is 10.2. The number of hydrogen-bond acceptors (Lipinski definition) is 14. The monoisotopic (exact) mass is 620 g/mol. The van der Waals surface area contributed by atoms with Crippen molar-refractivity contribution in [1.29, 1.82) is 0 Å². The summed E-state index contributed by atoms with van der Waals surface area (Å²) in [6, 6.07) is 9.72. The summed E-state index contributed by atoms with van der Waals surface area (Å²) in [5.41, 5.74) is 0.757. The second-order valence-electron chi connectivity index (χ2n) is 7.22. The Balaban J connectivity index is 0.000000220. The molecule has 4 aromatic rings. The molecule has 4 heterocycles. The second-order valence-corrected chi connectivity index (χ2v) is 9.54. The van der Waals surface area contributed by atoms with Crippen molar-refractivity contribution in [3.05, 3.63) is 70.2 Å². The van der Waals surface area contributed by atoms with Gasteiger partial charge in [0.05, 0.1) is 25.3 Å². The third-order valence-corrected chi connectivity index (χ3v) is 6.08. The van der Waals surface area contributed by atoms with E-state index in [0.717, 1.165) is 0 Å². The van der Waals surface area contributed by atoms with E-state index >= 15 is 0 Å². The molecule has 0 atom stereocenters. The van der Waals surface area contributed by atoms with Gasteiger partial charge in [-0.15, -0.1) is 0 Å². The zero-order valence-electron chi connectivity index (χ0n) is 21.5. The van der Waals surface area contributed by atoms with Gasteiger partial charge >= 0.3 is 11.9 Å². The molecule has 0 aliphatic rings. The van der Waals surface area contributed by atoms with E-state index in [1.165, 1.54) is 50.1 Å². The third kappa shape index (κ3) is 9.19. The maximum absolute atomic E-state index is 11.3. The summed E-state index contributed by atoms with van der Waals surface area (Å²) in [6.45, 7) is 0. The van der Waals surface area contributed by atoms with Gasteiger partial charge in [-0.3, -0.25) is 0 Å². The summed E-state index contributed by atoms with van der Waals surface area (Å²) in [6.07, 6.45) is 6.57. The number of aromatic nitrogens is 6. The van der Waals surface area contributed by atoms with Crippen molar-refractivity contribution >= 4 is 81.9 Å². The molecule has 0 spiro atoms. The largest absolute Gasteiger partial charge is 0.465 e. The zero-order valence-corrected chi connectivity index (χ0v) is 24.7. The van der Waals surface area contributed by atoms with E-state index in [4.69, 9.17) is 23.2 Å². The zero-order chi connectivity index (χ0) is 29.1. The molecule has 0 aliphatic carbocycles. The van der Waals surface area contributed by atoms with E-state index in [1.807, 2.05) is 12.5 Å². The minimum atomic E-state index is -0.432. The number of rotatable bonds is 8. The van der Waals surface area contributed by atoms with E-state index in [0.29, 0.717) is 55.0 Å². The van der Waals surface area contributed by atoms with E-state index in [1.54, 1.807) is 36.4 Å². The lowest BCUT2D eigenvalue weighted by molar-refractivity contribution is 0.0591. The SMILES string of the molecule is COC(=O)c1ccc(Nc2cc(Cl)nc(SC)n2)nc1.COC(=O)c1ccc(Nc2cc(Cl)nc(SC)n2)nc1. The van der Waals surface area contributed by atoms with Crippen molar-refractivity contribution in [3.8, 4) is 0 Å². The van der Waals surface area contributed by atoms with Crippen molar-refractivity contribution in [2.75, 3.05) is 37.4 Å². The first-order valence-corrected chi connectivity index (χ1v) is 14.2. The van der Waals surface area contributed by atoms with Crippen LogP contribution in [0.25, 0.3) is 0 Å². The number of pyridine rings is 2. The first-order valence-electron chi connectivity index (χ1n) is 11.0. The Morgan fingerprint density at radius 3 is 1.38 bits per heavy atom. The van der Waals surface area contributed by atoms with Crippen LogP contribution in [0.3, 0.4) is 0 Å². The van der Waals surface area contributed by atoms with Gasteiger partial charge in [-0.05, 0) is 36.8 Å². The molecule has 0 amide bonds. The van der Waals surface area contributed by atoms with Crippen LogP contribution >= 0.6 is 46.7 Å². The molecule has 0 radical (unpaired) electrons. The lowest BCUT2D eigenvalue weighted by atomic mass is 10.3. The molecule has 0 bridgehead atoms. The first-order chi connectivity index (χ1) is 19.2. The Bertz CT molecular complexity index is 1350. The fourth-order valence-electron chi connectivity index (χ4n) is 2.78. The number of methoxy groups -OCH3 is 2. The molecule has 0 saturated heterocycles. The lowest BCUT2D eigenvalue weighted by Crippen LogP contribution is -2.03. The fraction of sp³-hybridized carbons (Fsp3) is 0.167. The molecule has 0 saturated carbocycles. The van der Waals surface area contributed by atoms with Crippen LogP contribution in [0.1, 0.15) is 20.7 Å². The lowest BCUT2D eigenvalue weighted by Gasteiger charge is -2.06. The topological polar surface area (TPSA) is 154 Å². The molecule has 4 aromatic heterocycles. The molecule has 12 nitrogen and oxygen atoms in total. The summed E-state index contributed by atoms with van der Waals surface area (Å²) in [7, 11) is 2.64. The summed E-state index contributed by atoms with van der Waals surface area (Å²) in [5, 5.41) is 7.80. The van der Waals surface area contributed by atoms with Crippen LogP contribution in [-0.2, 0) is 9.47 Å². The highest BCUT2D eigenvalue weighted by Crippen LogP contribution is 2.21. The summed E-state index contributed by atoms with van der Waals surface area (Å²) in [4.78, 5) is 47.4. The van der Waals surface area contributed by atoms with Crippen LogP contribution in [0.15, 0.2) is 59.1 Å². The van der Waals surface area contributed by atoms with E-state index < -0.39 is 11.9 Å². The van der Waals surface area contributed by atoms with Crippen LogP contribution in [0.4, 0.5) is 23.3 Å². The molecule has 0 aromatic carbocycles. The molecule has 2 N–H and O–H groups in total. The number of nitrogens with one attached hydrogen (secondary N) is 2. The van der Waals surface area contributed by atoms with Gasteiger partial charge in [-0.2, -0.15) is 0 Å². The van der Waals surface area contributed by atoms with Crippen LogP contribution in [0.5, 0.6) is 0 Å². The standard InChI is InChI=1S/2C12H11ClN4O2S/c2*1-19-11(18)7-3-4-9(14-6-7)16-10-5-8(13)15-12(17-10)20-2/h2*3-6H,1-2H3,(H,14,15,16,17). The number of hydrogen-bond donors (Lipinski definition) is 2. The van der Waals surface area contributed by atoms with Gasteiger partial charge in [0.1, 0.15) is 33.6 Å². The van der Waals surface area contributed by atoms with Gasteiger partial charge in [-0.25, -0.2) is 39.5 Å². The number of esters is 2. The predicted molar refractivity (Wildman–Crippen MR) is 155 cm³/mol. The number of halogens is 2. The molecule has 4 rings (SSSR count). The van der Waals surface area contributed by atoms with Crippen LogP contribution in [-0.4, -0.2) is 68.6 Å². The smallest absolute Gasteiger partial charge is 0.339 e. The van der Waals surface area contributed by atoms with Gasteiger partial charge in [0.2, 0.25) is 0 Å². The number of carbonyl (C=O) groups is 2. The van der Waals surface area contributed by atoms with E-state index in [9.17, 15) is 9.59 Å². The molecule has 208 valence electrons. The predicted octanol–water partition coefficient (Wildman–Crippen LogP) is 5.55. The van der Waals surface area contributed by atoms with Crippen LogP contribution in [0.2, 0.25) is 10.3 Å². The van der Waals surface area contributed by atoms with Crippen molar-refractivity contribution < 1.29 is 19.1 Å². The molecule has 0 fully saturated rings. The summed E-state index contributed by atoms with van der Waals surface area (Å²) < 4.78 is 9.20. The molecule has 40 heavy (non-hydrogen) atoms. The fourth-order valence-corrected chi connectivity index (χ4v) is 4.01. The number of nitrogens with zero attached hydrogens (tertiary/aromatic N) is 6. The van der Waals surface area contributed by atoms with Gasteiger partial charge in [0, 0.05) is 24.5 Å². The highest BCUT2D eigenvalue weighted by atomic mass is 35.5. The Kier molecular flexibility index (Phi) is 11.7. The third-order valence-electron chi connectivity index (χ3n) is 4.60. The highest BCUT2D eigenvalue weighted by molar-refractivity contribution is 7.98. The maximum Gasteiger partial charge on any atom is 0.339 e. The molecular formula is C24H22Cl2N8O4S2. The quantitative estimate of drug-likeness (QED) is 0.109. The van der Waals surface area contributed by atoms with Gasteiger partial charge < -0.3 is 20.1 Å². The minimum Gasteiger partial charge on any atom is -0.465 e.